The Bertz CT molecular complexity index is 1890. The van der Waals surface area contributed by atoms with Crippen LogP contribution in [0.1, 0.15) is 50.8 Å². The molecule has 0 saturated carbocycles. The van der Waals surface area contributed by atoms with E-state index < -0.39 is 0 Å². The monoisotopic (exact) mass is 613 g/mol. The minimum absolute atomic E-state index is 0.866. The van der Waals surface area contributed by atoms with Gasteiger partial charge in [-0.05, 0) is 107 Å². The summed E-state index contributed by atoms with van der Waals surface area (Å²) in [6, 6.07) is 32.2. The Kier molecular flexibility index (Phi) is 10.9. The lowest BCUT2D eigenvalue weighted by atomic mass is 9.85. The summed E-state index contributed by atoms with van der Waals surface area (Å²) in [5.41, 5.74) is 15.4. The van der Waals surface area contributed by atoms with Crippen LogP contribution in [0.15, 0.2) is 156 Å². The Hall–Kier alpha value is -5.54. The van der Waals surface area contributed by atoms with Gasteiger partial charge in [-0.3, -0.25) is 4.99 Å². The highest BCUT2D eigenvalue weighted by Gasteiger charge is 2.20. The van der Waals surface area contributed by atoms with Crippen molar-refractivity contribution in [3.63, 3.8) is 0 Å². The standard InChI is InChI=1S/C42H37N3.C2H6/c1-4-30(41-22-23-44-41)17-16-29(3)39-20-19-35-24-34(31(5-2)28-43)18-21-40(35)42(39)45-38-26-36(32-12-8-6-9-13-32)25-37(27-38)33-14-10-7-11-15-33;1-2/h4-17,19-20,22-28,43,45H,3,18,21H2,1-2H3;1-2H3/b17-16-,30-4+,31-5+,43-28?;. The van der Waals surface area contributed by atoms with Crippen LogP contribution in [-0.4, -0.2) is 11.9 Å². The molecule has 4 aromatic rings. The van der Waals surface area contributed by atoms with E-state index in [1.807, 2.05) is 46.0 Å². The van der Waals surface area contributed by atoms with Crippen molar-refractivity contribution in [2.24, 2.45) is 4.99 Å². The largest absolute Gasteiger partial charge is 0.355 e. The zero-order valence-electron chi connectivity index (χ0n) is 27.8. The number of fused-ring (bicyclic) bond motifs is 1. The van der Waals surface area contributed by atoms with Crippen molar-refractivity contribution in [2.45, 2.75) is 40.5 Å². The van der Waals surface area contributed by atoms with E-state index in [1.54, 1.807) is 0 Å². The number of nitrogens with one attached hydrogen (secondary N) is 2. The molecule has 0 aromatic heterocycles. The Balaban J connectivity index is 0.00000213. The first-order valence-electron chi connectivity index (χ1n) is 16.4. The second-order valence-corrected chi connectivity index (χ2v) is 11.2. The smallest absolute Gasteiger partial charge is 0.0713 e. The maximum absolute atomic E-state index is 7.91. The van der Waals surface area contributed by atoms with E-state index in [0.29, 0.717) is 0 Å². The third-order valence-electron chi connectivity index (χ3n) is 8.44. The van der Waals surface area contributed by atoms with E-state index in [9.17, 15) is 0 Å². The average molecular weight is 614 g/mol. The number of hydrogen-bond acceptors (Lipinski definition) is 3. The molecule has 0 bridgehead atoms. The highest BCUT2D eigenvalue weighted by Crippen LogP contribution is 2.40. The van der Waals surface area contributed by atoms with Crippen LogP contribution in [0.4, 0.5) is 11.4 Å². The van der Waals surface area contributed by atoms with Crippen LogP contribution in [-0.2, 0) is 6.42 Å². The number of aliphatic imine (C=N–C) groups is 1. The van der Waals surface area contributed by atoms with Gasteiger partial charge in [-0.2, -0.15) is 0 Å². The first-order valence-corrected chi connectivity index (χ1v) is 16.4. The van der Waals surface area contributed by atoms with Gasteiger partial charge in [-0.1, -0.05) is 124 Å². The number of allylic oxidation sites excluding steroid dienone is 9. The lowest BCUT2D eigenvalue weighted by molar-refractivity contribution is 0.945. The molecule has 0 spiro atoms. The van der Waals surface area contributed by atoms with E-state index in [-0.39, 0.29) is 0 Å². The molecule has 1 aliphatic heterocycles. The quantitative estimate of drug-likeness (QED) is 0.136. The number of rotatable bonds is 10. The third-order valence-corrected chi connectivity index (χ3v) is 8.44. The fraction of sp³-hybridized carbons (Fsp3) is 0.136. The van der Waals surface area contributed by atoms with E-state index >= 15 is 0 Å². The summed E-state index contributed by atoms with van der Waals surface area (Å²) >= 11 is 0. The normalized spacial score (nSPS) is 13.9. The predicted octanol–water partition coefficient (Wildman–Crippen LogP) is 12.2. The van der Waals surface area contributed by atoms with E-state index in [2.05, 4.69) is 132 Å². The Morgan fingerprint density at radius 3 is 1.91 bits per heavy atom. The fourth-order valence-corrected chi connectivity index (χ4v) is 5.96. The molecule has 1 aliphatic carbocycles. The zero-order chi connectivity index (χ0) is 33.2. The fourth-order valence-electron chi connectivity index (χ4n) is 5.96. The highest BCUT2D eigenvalue weighted by atomic mass is 14.9. The Labute approximate surface area is 280 Å². The molecule has 0 fully saturated rings. The van der Waals surface area contributed by atoms with Gasteiger partial charge in [-0.15, -0.1) is 0 Å². The second kappa shape index (κ2) is 15.6. The predicted molar refractivity (Wildman–Crippen MR) is 206 cm³/mol. The van der Waals surface area contributed by atoms with Gasteiger partial charge < -0.3 is 10.7 Å². The molecule has 47 heavy (non-hydrogen) atoms. The molecule has 2 aliphatic rings. The number of nitrogens with zero attached hydrogens (tertiary/aromatic N) is 1. The van der Waals surface area contributed by atoms with Gasteiger partial charge in [0, 0.05) is 23.7 Å². The average Bonchev–Trinajstić information content (AvgIpc) is 3.11. The van der Waals surface area contributed by atoms with Crippen molar-refractivity contribution < 1.29 is 0 Å². The molecule has 2 N–H and O–H groups in total. The highest BCUT2D eigenvalue weighted by molar-refractivity contribution is 6.13. The Morgan fingerprint density at radius 2 is 1.38 bits per heavy atom. The van der Waals surface area contributed by atoms with E-state index in [1.165, 1.54) is 34.0 Å². The summed E-state index contributed by atoms with van der Waals surface area (Å²) in [5, 5.41) is 11.8. The molecule has 1 heterocycles. The van der Waals surface area contributed by atoms with Crippen LogP contribution in [0.25, 0.3) is 33.9 Å². The summed E-state index contributed by atoms with van der Waals surface area (Å²) in [7, 11) is 0. The third kappa shape index (κ3) is 7.48. The Morgan fingerprint density at radius 1 is 0.766 bits per heavy atom. The van der Waals surface area contributed by atoms with Crippen molar-refractivity contribution in [3.8, 4) is 22.3 Å². The van der Waals surface area contributed by atoms with Crippen molar-refractivity contribution in [3.05, 3.63) is 168 Å². The number of anilines is 2. The van der Waals surface area contributed by atoms with Crippen LogP contribution in [0, 0.1) is 5.41 Å². The maximum atomic E-state index is 7.91. The molecule has 3 nitrogen and oxygen atoms in total. The summed E-state index contributed by atoms with van der Waals surface area (Å²) in [5.74, 6) is 0. The first kappa shape index (κ1) is 32.8. The molecular weight excluding hydrogens is 571 g/mol. The molecule has 0 saturated heterocycles. The van der Waals surface area contributed by atoms with Gasteiger partial charge in [0.25, 0.3) is 0 Å². The summed E-state index contributed by atoms with van der Waals surface area (Å²) in [6.45, 7) is 12.5. The van der Waals surface area contributed by atoms with Gasteiger partial charge in [0.15, 0.2) is 0 Å². The van der Waals surface area contributed by atoms with Crippen molar-refractivity contribution >= 4 is 35.0 Å². The summed E-state index contributed by atoms with van der Waals surface area (Å²) in [4.78, 5) is 4.37. The van der Waals surface area contributed by atoms with Crippen LogP contribution < -0.4 is 5.32 Å². The molecule has 0 atom stereocenters. The van der Waals surface area contributed by atoms with Gasteiger partial charge >= 0.3 is 0 Å². The SMILES string of the molecule is C=C(/C=C\C(=C/C)C1=NC=C1)c1ccc2c(c1Nc1cc(-c3ccccc3)cc(-c3ccccc3)c1)CCC(/C(C=N)=C/C)=C2.CC. The zero-order valence-corrected chi connectivity index (χ0v) is 27.8. The molecule has 3 heteroatoms. The lowest BCUT2D eigenvalue weighted by Crippen LogP contribution is -2.08. The van der Waals surface area contributed by atoms with E-state index in [0.717, 1.165) is 63.3 Å². The van der Waals surface area contributed by atoms with Crippen LogP contribution in [0.2, 0.25) is 0 Å². The molecule has 0 unspecified atom stereocenters. The van der Waals surface area contributed by atoms with Gasteiger partial charge in [0.05, 0.1) is 11.4 Å². The lowest BCUT2D eigenvalue weighted by Gasteiger charge is -2.24. The molecule has 6 rings (SSSR count). The van der Waals surface area contributed by atoms with Crippen LogP contribution in [0.5, 0.6) is 0 Å². The number of benzene rings is 4. The van der Waals surface area contributed by atoms with Crippen LogP contribution in [0.3, 0.4) is 0 Å². The van der Waals surface area contributed by atoms with Crippen molar-refractivity contribution in [2.75, 3.05) is 5.32 Å². The summed E-state index contributed by atoms with van der Waals surface area (Å²) in [6.07, 6.45) is 17.6. The molecule has 0 amide bonds. The van der Waals surface area contributed by atoms with Crippen molar-refractivity contribution in [1.82, 2.24) is 0 Å². The number of hydrogen-bond donors (Lipinski definition) is 2. The maximum Gasteiger partial charge on any atom is 0.0713 e. The van der Waals surface area contributed by atoms with E-state index in [4.69, 9.17) is 5.41 Å². The molecular formula is C44H43N3. The summed E-state index contributed by atoms with van der Waals surface area (Å²) < 4.78 is 0. The topological polar surface area (TPSA) is 48.2 Å². The van der Waals surface area contributed by atoms with Crippen LogP contribution >= 0.6 is 0 Å². The molecule has 0 radical (unpaired) electrons. The van der Waals surface area contributed by atoms with Gasteiger partial charge in [-0.25, -0.2) is 0 Å². The van der Waals surface area contributed by atoms with Gasteiger partial charge in [0.1, 0.15) is 0 Å². The second-order valence-electron chi connectivity index (χ2n) is 11.2. The minimum atomic E-state index is 0.866. The molecule has 234 valence electrons. The molecule has 4 aromatic carbocycles. The minimum Gasteiger partial charge on any atom is -0.355 e. The first-order chi connectivity index (χ1) is 23.1. The van der Waals surface area contributed by atoms with Gasteiger partial charge in [0.2, 0.25) is 0 Å². The van der Waals surface area contributed by atoms with Crippen molar-refractivity contribution in [1.29, 1.82) is 5.41 Å².